The minimum Gasteiger partial charge on any atom is -0.497 e. The summed E-state index contributed by atoms with van der Waals surface area (Å²) in [6, 6.07) is 8.06. The average molecular weight is 497 g/mol. The number of nitrogens with zero attached hydrogens (tertiary/aromatic N) is 3. The molecule has 3 aromatic rings. The fourth-order valence-electron chi connectivity index (χ4n) is 3.01. The van der Waals surface area contributed by atoms with Gasteiger partial charge in [-0.1, -0.05) is 6.07 Å². The van der Waals surface area contributed by atoms with Gasteiger partial charge in [0.15, 0.2) is 0 Å². The van der Waals surface area contributed by atoms with E-state index in [0.717, 1.165) is 16.8 Å². The number of nitro benzene ring substituents is 1. The van der Waals surface area contributed by atoms with Gasteiger partial charge in [-0.05, 0) is 12.1 Å². The van der Waals surface area contributed by atoms with E-state index in [1.807, 2.05) is 0 Å². The molecular formula is C20H21F2N5O6S. The molecule has 0 aliphatic carbocycles. The number of hydrogen-bond acceptors (Lipinski definition) is 8. The number of methoxy groups -OCH3 is 2. The van der Waals surface area contributed by atoms with Crippen LogP contribution in [0.1, 0.15) is 5.56 Å². The molecule has 1 heterocycles. The average Bonchev–Trinajstić information content (AvgIpc) is 3.29. The first-order valence-electron chi connectivity index (χ1n) is 9.70. The summed E-state index contributed by atoms with van der Waals surface area (Å²) >= 11 is 0. The molecule has 0 saturated heterocycles. The van der Waals surface area contributed by atoms with Crippen LogP contribution in [0.15, 0.2) is 53.7 Å². The van der Waals surface area contributed by atoms with Crippen LogP contribution >= 0.6 is 0 Å². The highest BCUT2D eigenvalue weighted by molar-refractivity contribution is 7.89. The Balaban J connectivity index is 1.95. The van der Waals surface area contributed by atoms with E-state index >= 15 is 0 Å². The molecule has 34 heavy (non-hydrogen) atoms. The molecule has 0 saturated carbocycles. The minimum atomic E-state index is -4.29. The van der Waals surface area contributed by atoms with Crippen LogP contribution < -0.4 is 19.5 Å². The predicted molar refractivity (Wildman–Crippen MR) is 118 cm³/mol. The van der Waals surface area contributed by atoms with Crippen molar-refractivity contribution in [3.05, 3.63) is 64.5 Å². The van der Waals surface area contributed by atoms with Gasteiger partial charge < -0.3 is 14.8 Å². The maximum atomic E-state index is 13.2. The monoisotopic (exact) mass is 497 g/mol. The van der Waals surface area contributed by atoms with E-state index in [1.54, 1.807) is 18.2 Å². The highest BCUT2D eigenvalue weighted by atomic mass is 32.2. The molecule has 0 bridgehead atoms. The van der Waals surface area contributed by atoms with Gasteiger partial charge in [0.2, 0.25) is 10.0 Å². The number of non-ortho nitro benzene ring substituents is 1. The number of nitro groups is 1. The summed E-state index contributed by atoms with van der Waals surface area (Å²) in [5, 5.41) is 17.7. The molecule has 182 valence electrons. The number of sulfonamides is 1. The Hall–Kier alpha value is -3.78. The third-order valence-electron chi connectivity index (χ3n) is 4.68. The quantitative estimate of drug-likeness (QED) is 0.305. The van der Waals surface area contributed by atoms with Gasteiger partial charge >= 0.3 is 0 Å². The van der Waals surface area contributed by atoms with Crippen molar-refractivity contribution in [3.8, 4) is 17.2 Å². The maximum Gasteiger partial charge on any atom is 0.270 e. The van der Waals surface area contributed by atoms with Gasteiger partial charge in [-0.3, -0.25) is 10.1 Å². The number of rotatable bonds is 11. The smallest absolute Gasteiger partial charge is 0.270 e. The van der Waals surface area contributed by atoms with Crippen LogP contribution in [-0.2, 0) is 16.6 Å². The summed E-state index contributed by atoms with van der Waals surface area (Å²) in [6.45, 7) is -0.805. The van der Waals surface area contributed by atoms with Gasteiger partial charge in [-0.2, -0.15) is 5.10 Å². The first kappa shape index (κ1) is 24.9. The lowest BCUT2D eigenvalue weighted by Gasteiger charge is -2.14. The Labute approximate surface area is 193 Å². The van der Waals surface area contributed by atoms with Crippen molar-refractivity contribution in [1.29, 1.82) is 0 Å². The van der Waals surface area contributed by atoms with E-state index in [9.17, 15) is 27.3 Å². The second kappa shape index (κ2) is 10.4. The van der Waals surface area contributed by atoms with Crippen molar-refractivity contribution in [1.82, 2.24) is 14.5 Å². The molecule has 0 unspecified atom stereocenters. The third-order valence-corrected chi connectivity index (χ3v) is 6.11. The lowest BCUT2D eigenvalue weighted by atomic mass is 10.2. The van der Waals surface area contributed by atoms with Crippen LogP contribution in [-0.4, -0.2) is 50.3 Å². The summed E-state index contributed by atoms with van der Waals surface area (Å²) in [6.07, 6.45) is -0.0666. The van der Waals surface area contributed by atoms with Crippen LogP contribution in [0.2, 0.25) is 0 Å². The first-order chi connectivity index (χ1) is 16.1. The van der Waals surface area contributed by atoms with Crippen LogP contribution in [0.25, 0.3) is 5.69 Å². The molecule has 2 aromatic carbocycles. The number of benzene rings is 2. The Kier molecular flexibility index (Phi) is 7.63. The van der Waals surface area contributed by atoms with E-state index < -0.39 is 38.5 Å². The number of halogens is 2. The SMILES string of the molecule is COc1ccc(CNS(=O)(=O)c2cc([N+](=O)[O-])ccc2-n2cc(NCC(F)F)cn2)c(OC)c1. The van der Waals surface area contributed by atoms with Gasteiger partial charge in [0.1, 0.15) is 16.4 Å². The standard InChI is InChI=1S/C20H21F2N5O6S/c1-32-16-5-3-13(18(8-16)33-2)9-25-34(30,31)19-7-15(27(28)29)4-6-17(19)26-12-14(10-24-26)23-11-20(21)22/h3-8,10,12,20,23,25H,9,11H2,1-2H3. The number of alkyl halides is 2. The van der Waals surface area contributed by atoms with E-state index in [4.69, 9.17) is 9.47 Å². The van der Waals surface area contributed by atoms with E-state index in [0.29, 0.717) is 17.1 Å². The van der Waals surface area contributed by atoms with E-state index in [1.165, 1.54) is 32.7 Å². The van der Waals surface area contributed by atoms with Crippen molar-refractivity contribution in [2.75, 3.05) is 26.1 Å². The van der Waals surface area contributed by atoms with Gasteiger partial charge in [0.05, 0.1) is 49.5 Å². The predicted octanol–water partition coefficient (Wildman–Crippen LogP) is 2.95. The molecule has 3 rings (SSSR count). The number of aromatic nitrogens is 2. The number of ether oxygens (including phenoxy) is 2. The zero-order chi connectivity index (χ0) is 24.9. The lowest BCUT2D eigenvalue weighted by Crippen LogP contribution is -2.25. The highest BCUT2D eigenvalue weighted by Gasteiger charge is 2.24. The normalized spacial score (nSPS) is 11.4. The molecular weight excluding hydrogens is 476 g/mol. The molecule has 0 spiro atoms. The van der Waals surface area contributed by atoms with Crippen LogP contribution in [0.5, 0.6) is 11.5 Å². The second-order valence-corrected chi connectivity index (χ2v) is 8.59. The Morgan fingerprint density at radius 3 is 2.59 bits per heavy atom. The maximum absolute atomic E-state index is 13.2. The Morgan fingerprint density at radius 1 is 1.18 bits per heavy atom. The van der Waals surface area contributed by atoms with E-state index in [-0.39, 0.29) is 17.9 Å². The number of hydrogen-bond donors (Lipinski definition) is 2. The fourth-order valence-corrected chi connectivity index (χ4v) is 4.22. The second-order valence-electron chi connectivity index (χ2n) is 6.86. The molecule has 11 nitrogen and oxygen atoms in total. The molecule has 0 aliphatic rings. The van der Waals surface area contributed by atoms with Crippen LogP contribution in [0, 0.1) is 10.1 Å². The molecule has 0 atom stereocenters. The van der Waals surface area contributed by atoms with Crippen LogP contribution in [0.4, 0.5) is 20.2 Å². The molecule has 0 amide bonds. The summed E-state index contributed by atoms with van der Waals surface area (Å²) in [4.78, 5) is 10.1. The molecule has 2 N–H and O–H groups in total. The zero-order valence-corrected chi connectivity index (χ0v) is 18.9. The molecule has 14 heteroatoms. The summed E-state index contributed by atoms with van der Waals surface area (Å²) < 4.78 is 65.1. The lowest BCUT2D eigenvalue weighted by molar-refractivity contribution is -0.385. The van der Waals surface area contributed by atoms with Crippen molar-refractivity contribution in [3.63, 3.8) is 0 Å². The third kappa shape index (κ3) is 5.77. The molecule has 0 fully saturated rings. The first-order valence-corrected chi connectivity index (χ1v) is 11.2. The molecule has 0 radical (unpaired) electrons. The van der Waals surface area contributed by atoms with Crippen molar-refractivity contribution in [2.45, 2.75) is 17.9 Å². The van der Waals surface area contributed by atoms with Crippen molar-refractivity contribution < 1.29 is 31.6 Å². The molecule has 0 aliphatic heterocycles. The largest absolute Gasteiger partial charge is 0.497 e. The Morgan fingerprint density at radius 2 is 1.94 bits per heavy atom. The molecule has 1 aromatic heterocycles. The topological polar surface area (TPSA) is 138 Å². The number of nitrogens with one attached hydrogen (secondary N) is 2. The van der Waals surface area contributed by atoms with Crippen LogP contribution in [0.3, 0.4) is 0 Å². The van der Waals surface area contributed by atoms with Gasteiger partial charge in [-0.25, -0.2) is 26.6 Å². The van der Waals surface area contributed by atoms with E-state index in [2.05, 4.69) is 15.1 Å². The summed E-state index contributed by atoms with van der Waals surface area (Å²) in [7, 11) is -1.40. The number of anilines is 1. The Bertz CT molecular complexity index is 1280. The summed E-state index contributed by atoms with van der Waals surface area (Å²) in [5.41, 5.74) is 0.258. The summed E-state index contributed by atoms with van der Waals surface area (Å²) in [5.74, 6) is 0.891. The van der Waals surface area contributed by atoms with Crippen molar-refractivity contribution in [2.24, 2.45) is 0 Å². The fraction of sp³-hybridized carbons (Fsp3) is 0.250. The van der Waals surface area contributed by atoms with Gasteiger partial charge in [0.25, 0.3) is 12.1 Å². The van der Waals surface area contributed by atoms with Gasteiger partial charge in [-0.15, -0.1) is 0 Å². The zero-order valence-electron chi connectivity index (χ0n) is 18.1. The highest BCUT2D eigenvalue weighted by Crippen LogP contribution is 2.28. The van der Waals surface area contributed by atoms with Gasteiger partial charge in [0, 0.05) is 30.3 Å². The minimum absolute atomic E-state index is 0.00936. The van der Waals surface area contributed by atoms with Crippen molar-refractivity contribution >= 4 is 21.4 Å².